The quantitative estimate of drug-likeness (QED) is 0.734. The molecule has 0 bridgehead atoms. The van der Waals surface area contributed by atoms with Gasteiger partial charge in [0, 0.05) is 30.3 Å². The first kappa shape index (κ1) is 10.9. The predicted octanol–water partition coefficient (Wildman–Crippen LogP) is 2.39. The molecule has 82 valence electrons. The monoisotopic (exact) mass is 269 g/mol. The molecule has 1 aliphatic heterocycles. The number of hydrogen-bond acceptors (Lipinski definition) is 3. The molecule has 0 aliphatic carbocycles. The van der Waals surface area contributed by atoms with Crippen LogP contribution < -0.4 is 4.90 Å². The first-order valence-electron chi connectivity index (χ1n) is 5.34. The SMILES string of the molecule is Cc1cnc(N2CCC(Br)C(C)C2)nc1. The van der Waals surface area contributed by atoms with E-state index in [1.54, 1.807) is 0 Å². The van der Waals surface area contributed by atoms with E-state index in [0.717, 1.165) is 24.6 Å². The van der Waals surface area contributed by atoms with Crippen LogP contribution in [0.1, 0.15) is 18.9 Å². The molecule has 2 unspecified atom stereocenters. The molecule has 0 amide bonds. The zero-order chi connectivity index (χ0) is 10.8. The van der Waals surface area contributed by atoms with Gasteiger partial charge in [-0.15, -0.1) is 0 Å². The summed E-state index contributed by atoms with van der Waals surface area (Å²) in [7, 11) is 0. The Morgan fingerprint density at radius 1 is 1.40 bits per heavy atom. The molecular weight excluding hydrogens is 254 g/mol. The second kappa shape index (κ2) is 4.47. The molecule has 1 saturated heterocycles. The molecule has 1 aliphatic rings. The van der Waals surface area contributed by atoms with Gasteiger partial charge in [-0.2, -0.15) is 0 Å². The van der Waals surface area contributed by atoms with Crippen molar-refractivity contribution in [1.82, 2.24) is 9.97 Å². The van der Waals surface area contributed by atoms with Crippen molar-refractivity contribution >= 4 is 21.9 Å². The first-order valence-corrected chi connectivity index (χ1v) is 6.26. The number of halogens is 1. The van der Waals surface area contributed by atoms with Gasteiger partial charge >= 0.3 is 0 Å². The Hall–Kier alpha value is -0.640. The molecule has 0 radical (unpaired) electrons. The van der Waals surface area contributed by atoms with E-state index in [0.29, 0.717) is 10.7 Å². The van der Waals surface area contributed by atoms with Gasteiger partial charge in [-0.1, -0.05) is 22.9 Å². The molecule has 15 heavy (non-hydrogen) atoms. The average molecular weight is 270 g/mol. The largest absolute Gasteiger partial charge is 0.340 e. The van der Waals surface area contributed by atoms with Crippen LogP contribution in [-0.2, 0) is 0 Å². The van der Waals surface area contributed by atoms with Gasteiger partial charge in [-0.05, 0) is 24.8 Å². The predicted molar refractivity (Wildman–Crippen MR) is 65.5 cm³/mol. The molecule has 0 saturated carbocycles. The second-order valence-corrected chi connectivity index (χ2v) is 5.46. The Kier molecular flexibility index (Phi) is 3.24. The number of aryl methyl sites for hydroxylation is 1. The van der Waals surface area contributed by atoms with Gasteiger partial charge in [0.1, 0.15) is 0 Å². The first-order chi connectivity index (χ1) is 7.16. The molecule has 2 heterocycles. The number of aromatic nitrogens is 2. The summed E-state index contributed by atoms with van der Waals surface area (Å²) >= 11 is 3.70. The van der Waals surface area contributed by atoms with Crippen molar-refractivity contribution in [3.05, 3.63) is 18.0 Å². The molecule has 0 aromatic carbocycles. The summed E-state index contributed by atoms with van der Waals surface area (Å²) in [6.07, 6.45) is 4.93. The Morgan fingerprint density at radius 3 is 2.67 bits per heavy atom. The van der Waals surface area contributed by atoms with Gasteiger partial charge in [0.05, 0.1) is 0 Å². The summed E-state index contributed by atoms with van der Waals surface area (Å²) in [5.74, 6) is 1.52. The summed E-state index contributed by atoms with van der Waals surface area (Å²) in [5.41, 5.74) is 1.11. The molecule has 4 heteroatoms. The van der Waals surface area contributed by atoms with E-state index in [2.05, 4.69) is 37.7 Å². The fourth-order valence-electron chi connectivity index (χ4n) is 1.85. The normalized spacial score (nSPS) is 26.7. The summed E-state index contributed by atoms with van der Waals surface area (Å²) in [6.45, 7) is 6.36. The lowest BCUT2D eigenvalue weighted by Gasteiger charge is -2.34. The molecule has 1 aromatic heterocycles. The minimum Gasteiger partial charge on any atom is -0.340 e. The Balaban J connectivity index is 2.08. The van der Waals surface area contributed by atoms with Crippen LogP contribution in [0.3, 0.4) is 0 Å². The van der Waals surface area contributed by atoms with Gasteiger partial charge in [0.25, 0.3) is 0 Å². The number of piperidine rings is 1. The maximum absolute atomic E-state index is 4.36. The third-order valence-electron chi connectivity index (χ3n) is 2.85. The fraction of sp³-hybridized carbons (Fsp3) is 0.636. The van der Waals surface area contributed by atoms with Gasteiger partial charge in [-0.25, -0.2) is 9.97 Å². The molecular formula is C11H16BrN3. The van der Waals surface area contributed by atoms with Gasteiger partial charge < -0.3 is 4.90 Å². The molecule has 1 fully saturated rings. The van der Waals surface area contributed by atoms with E-state index in [1.807, 2.05) is 19.3 Å². The number of alkyl halides is 1. The van der Waals surface area contributed by atoms with Gasteiger partial charge in [0.15, 0.2) is 0 Å². The maximum Gasteiger partial charge on any atom is 0.225 e. The standard InChI is InChI=1S/C11H16BrN3/c1-8-5-13-11(14-6-8)15-4-3-10(12)9(2)7-15/h5-6,9-10H,3-4,7H2,1-2H3. The Bertz CT molecular complexity index is 325. The maximum atomic E-state index is 4.36. The van der Waals surface area contributed by atoms with Crippen LogP contribution in [0.25, 0.3) is 0 Å². The number of nitrogens with zero attached hydrogens (tertiary/aromatic N) is 3. The number of hydrogen-bond donors (Lipinski definition) is 0. The zero-order valence-electron chi connectivity index (χ0n) is 9.15. The Labute approximate surface area is 99.0 Å². The highest BCUT2D eigenvalue weighted by Gasteiger charge is 2.25. The highest BCUT2D eigenvalue weighted by atomic mass is 79.9. The molecule has 3 nitrogen and oxygen atoms in total. The highest BCUT2D eigenvalue weighted by Crippen LogP contribution is 2.25. The van der Waals surface area contributed by atoms with E-state index in [-0.39, 0.29) is 0 Å². The fourth-order valence-corrected chi connectivity index (χ4v) is 2.22. The average Bonchev–Trinajstić information content (AvgIpc) is 2.23. The third kappa shape index (κ3) is 2.48. The van der Waals surface area contributed by atoms with E-state index in [4.69, 9.17) is 0 Å². The lowest BCUT2D eigenvalue weighted by molar-refractivity contribution is 0.461. The zero-order valence-corrected chi connectivity index (χ0v) is 10.7. The smallest absolute Gasteiger partial charge is 0.225 e. The van der Waals surface area contributed by atoms with Crippen LogP contribution in [-0.4, -0.2) is 27.9 Å². The highest BCUT2D eigenvalue weighted by molar-refractivity contribution is 9.09. The third-order valence-corrected chi connectivity index (χ3v) is 4.21. The van der Waals surface area contributed by atoms with Crippen molar-refractivity contribution in [2.45, 2.75) is 25.1 Å². The molecule has 2 rings (SSSR count). The summed E-state index contributed by atoms with van der Waals surface area (Å²) in [4.78, 5) is 11.6. The minimum atomic E-state index is 0.638. The van der Waals surface area contributed by atoms with E-state index in [1.165, 1.54) is 6.42 Å². The van der Waals surface area contributed by atoms with Gasteiger partial charge in [-0.3, -0.25) is 0 Å². The van der Waals surface area contributed by atoms with Crippen LogP contribution in [0, 0.1) is 12.8 Å². The van der Waals surface area contributed by atoms with Crippen LogP contribution in [0.4, 0.5) is 5.95 Å². The van der Waals surface area contributed by atoms with Crippen molar-refractivity contribution in [2.75, 3.05) is 18.0 Å². The van der Waals surface area contributed by atoms with E-state index >= 15 is 0 Å². The molecule has 0 N–H and O–H groups in total. The number of rotatable bonds is 1. The van der Waals surface area contributed by atoms with Crippen LogP contribution in [0.2, 0.25) is 0 Å². The number of anilines is 1. The Morgan fingerprint density at radius 2 is 2.07 bits per heavy atom. The summed E-state index contributed by atoms with van der Waals surface area (Å²) in [5, 5.41) is 0. The molecule has 2 atom stereocenters. The van der Waals surface area contributed by atoms with Crippen molar-refractivity contribution in [3.8, 4) is 0 Å². The molecule has 1 aromatic rings. The van der Waals surface area contributed by atoms with Crippen LogP contribution in [0.15, 0.2) is 12.4 Å². The van der Waals surface area contributed by atoms with E-state index < -0.39 is 0 Å². The summed E-state index contributed by atoms with van der Waals surface area (Å²) in [6, 6.07) is 0. The van der Waals surface area contributed by atoms with Crippen molar-refractivity contribution in [1.29, 1.82) is 0 Å². The molecule has 0 spiro atoms. The lowest BCUT2D eigenvalue weighted by Crippen LogP contribution is -2.40. The second-order valence-electron chi connectivity index (χ2n) is 4.29. The van der Waals surface area contributed by atoms with Crippen LogP contribution in [0.5, 0.6) is 0 Å². The van der Waals surface area contributed by atoms with Crippen molar-refractivity contribution in [2.24, 2.45) is 5.92 Å². The lowest BCUT2D eigenvalue weighted by atomic mass is 10.0. The minimum absolute atomic E-state index is 0.638. The van der Waals surface area contributed by atoms with Gasteiger partial charge in [0.2, 0.25) is 5.95 Å². The van der Waals surface area contributed by atoms with Crippen LogP contribution >= 0.6 is 15.9 Å². The van der Waals surface area contributed by atoms with E-state index in [9.17, 15) is 0 Å². The topological polar surface area (TPSA) is 29.0 Å². The van der Waals surface area contributed by atoms with Crippen molar-refractivity contribution in [3.63, 3.8) is 0 Å². The summed E-state index contributed by atoms with van der Waals surface area (Å²) < 4.78 is 0. The van der Waals surface area contributed by atoms with Crippen molar-refractivity contribution < 1.29 is 0 Å².